The molecule has 0 bridgehead atoms. The number of rotatable bonds is 2. The van der Waals surface area contributed by atoms with Gasteiger partial charge in [0.15, 0.2) is 0 Å². The van der Waals surface area contributed by atoms with Crippen LogP contribution in [0.2, 0.25) is 0 Å². The minimum absolute atomic E-state index is 0.549. The Bertz CT molecular complexity index is 276. The van der Waals surface area contributed by atoms with Crippen molar-refractivity contribution < 1.29 is 4.74 Å². The van der Waals surface area contributed by atoms with Crippen LogP contribution < -0.4 is 0 Å². The molecular formula is C11H12O. The summed E-state index contributed by atoms with van der Waals surface area (Å²) in [6, 6.07) is 10.5. The van der Waals surface area contributed by atoms with Gasteiger partial charge in [-0.3, -0.25) is 0 Å². The van der Waals surface area contributed by atoms with Crippen LogP contribution in [0, 0.1) is 5.92 Å². The third kappa shape index (κ3) is 1.35. The van der Waals surface area contributed by atoms with Crippen LogP contribution in [-0.4, -0.2) is 6.61 Å². The molecule has 1 saturated heterocycles. The van der Waals surface area contributed by atoms with Crippen LogP contribution in [0.25, 0.3) is 0 Å². The Morgan fingerprint density at radius 3 is 2.58 bits per heavy atom. The molecule has 1 aromatic rings. The summed E-state index contributed by atoms with van der Waals surface area (Å²) in [6.07, 6.45) is 1.07. The van der Waals surface area contributed by atoms with Crippen LogP contribution in [0.15, 0.2) is 42.7 Å². The Kier molecular flexibility index (Phi) is 1.86. The fraction of sp³-hybridized carbons (Fsp3) is 0.273. The highest BCUT2D eigenvalue weighted by Gasteiger charge is 2.23. The molecule has 0 radical (unpaired) electrons. The molecule has 0 aliphatic carbocycles. The molecule has 1 aliphatic heterocycles. The molecule has 1 nitrogen and oxygen atoms in total. The van der Waals surface area contributed by atoms with Crippen LogP contribution in [-0.2, 0) is 11.2 Å². The number of benzene rings is 1. The van der Waals surface area contributed by atoms with Gasteiger partial charge in [0, 0.05) is 0 Å². The minimum atomic E-state index is 0.549. The van der Waals surface area contributed by atoms with Gasteiger partial charge in [-0.1, -0.05) is 36.9 Å². The molecule has 1 fully saturated rings. The second kappa shape index (κ2) is 3.02. The van der Waals surface area contributed by atoms with E-state index in [2.05, 4.69) is 30.8 Å². The lowest BCUT2D eigenvalue weighted by Gasteiger charge is -2.29. The second-order valence-corrected chi connectivity index (χ2v) is 3.16. The van der Waals surface area contributed by atoms with E-state index in [4.69, 9.17) is 4.74 Å². The predicted octanol–water partition coefficient (Wildman–Crippen LogP) is 2.39. The maximum atomic E-state index is 5.12. The van der Waals surface area contributed by atoms with E-state index in [0.717, 1.165) is 18.8 Å². The lowest BCUT2D eigenvalue weighted by molar-refractivity contribution is 0.0507. The van der Waals surface area contributed by atoms with E-state index in [9.17, 15) is 0 Å². The zero-order chi connectivity index (χ0) is 8.39. The molecule has 1 aromatic carbocycles. The number of hydrogen-bond acceptors (Lipinski definition) is 1. The molecule has 12 heavy (non-hydrogen) atoms. The zero-order valence-electron chi connectivity index (χ0n) is 6.99. The quantitative estimate of drug-likeness (QED) is 0.645. The fourth-order valence-electron chi connectivity index (χ4n) is 1.39. The van der Waals surface area contributed by atoms with Gasteiger partial charge in [0.1, 0.15) is 0 Å². The first-order chi connectivity index (χ1) is 5.86. The van der Waals surface area contributed by atoms with Crippen LogP contribution in [0.4, 0.5) is 0 Å². The Balaban J connectivity index is 2.00. The fourth-order valence-corrected chi connectivity index (χ4v) is 1.39. The van der Waals surface area contributed by atoms with Gasteiger partial charge in [-0.2, -0.15) is 0 Å². The minimum Gasteiger partial charge on any atom is -0.497 e. The summed E-state index contributed by atoms with van der Waals surface area (Å²) in [6.45, 7) is 4.66. The van der Waals surface area contributed by atoms with Gasteiger partial charge in [0.25, 0.3) is 0 Å². The van der Waals surface area contributed by atoms with Crippen molar-refractivity contribution in [3.63, 3.8) is 0 Å². The number of ether oxygens (including phenoxy) is 1. The molecular weight excluding hydrogens is 148 g/mol. The van der Waals surface area contributed by atoms with E-state index >= 15 is 0 Å². The van der Waals surface area contributed by atoms with E-state index in [1.165, 1.54) is 5.56 Å². The molecule has 1 aliphatic rings. The molecule has 0 saturated carbocycles. The maximum Gasteiger partial charge on any atom is 0.0978 e. The van der Waals surface area contributed by atoms with Gasteiger partial charge < -0.3 is 4.74 Å². The van der Waals surface area contributed by atoms with Gasteiger partial charge >= 0.3 is 0 Å². The predicted molar refractivity (Wildman–Crippen MR) is 48.7 cm³/mol. The summed E-state index contributed by atoms with van der Waals surface area (Å²) in [4.78, 5) is 0. The summed E-state index contributed by atoms with van der Waals surface area (Å²) in [5, 5.41) is 0. The topological polar surface area (TPSA) is 9.23 Å². The Morgan fingerprint density at radius 1 is 1.33 bits per heavy atom. The van der Waals surface area contributed by atoms with Crippen molar-refractivity contribution in [3.8, 4) is 0 Å². The first kappa shape index (κ1) is 7.41. The van der Waals surface area contributed by atoms with Crippen LogP contribution in [0.5, 0.6) is 0 Å². The van der Waals surface area contributed by atoms with E-state index in [1.807, 2.05) is 6.07 Å². The van der Waals surface area contributed by atoms with Crippen molar-refractivity contribution in [2.24, 2.45) is 5.92 Å². The third-order valence-electron chi connectivity index (χ3n) is 2.25. The molecule has 1 atom stereocenters. The summed E-state index contributed by atoms with van der Waals surface area (Å²) in [5.41, 5.74) is 1.37. The largest absolute Gasteiger partial charge is 0.497 e. The first-order valence-corrected chi connectivity index (χ1v) is 4.22. The van der Waals surface area contributed by atoms with Gasteiger partial charge in [-0.15, -0.1) is 0 Å². The Morgan fingerprint density at radius 2 is 2.08 bits per heavy atom. The molecule has 0 spiro atoms. The molecule has 1 heterocycles. The highest BCUT2D eigenvalue weighted by atomic mass is 16.5. The number of hydrogen-bond donors (Lipinski definition) is 0. The van der Waals surface area contributed by atoms with Crippen LogP contribution in [0.3, 0.4) is 0 Å². The van der Waals surface area contributed by atoms with Crippen molar-refractivity contribution in [3.05, 3.63) is 48.2 Å². The Hall–Kier alpha value is -1.24. The molecule has 1 unspecified atom stereocenters. The standard InChI is InChI=1S/C11H12O/c1-9-11(8-12-9)7-10-5-3-2-4-6-10/h2-6,11H,1,7-8H2. The van der Waals surface area contributed by atoms with Gasteiger partial charge in [-0.05, 0) is 12.0 Å². The van der Waals surface area contributed by atoms with Crippen molar-refractivity contribution in [2.75, 3.05) is 6.61 Å². The van der Waals surface area contributed by atoms with E-state index in [0.29, 0.717) is 5.92 Å². The maximum absolute atomic E-state index is 5.12. The second-order valence-electron chi connectivity index (χ2n) is 3.16. The van der Waals surface area contributed by atoms with E-state index < -0.39 is 0 Å². The van der Waals surface area contributed by atoms with Crippen molar-refractivity contribution in [2.45, 2.75) is 6.42 Å². The zero-order valence-corrected chi connectivity index (χ0v) is 6.99. The highest BCUT2D eigenvalue weighted by molar-refractivity contribution is 5.18. The van der Waals surface area contributed by atoms with Crippen molar-refractivity contribution in [1.29, 1.82) is 0 Å². The lowest BCUT2D eigenvalue weighted by atomic mass is 9.95. The molecule has 0 N–H and O–H groups in total. The van der Waals surface area contributed by atoms with E-state index in [1.54, 1.807) is 0 Å². The van der Waals surface area contributed by atoms with Crippen molar-refractivity contribution >= 4 is 0 Å². The molecule has 2 rings (SSSR count). The van der Waals surface area contributed by atoms with Crippen molar-refractivity contribution in [1.82, 2.24) is 0 Å². The SMILES string of the molecule is C=C1OCC1Cc1ccccc1. The highest BCUT2D eigenvalue weighted by Crippen LogP contribution is 2.26. The smallest absolute Gasteiger partial charge is 0.0978 e. The van der Waals surface area contributed by atoms with Gasteiger partial charge in [0.05, 0.1) is 18.3 Å². The Labute approximate surface area is 72.7 Å². The van der Waals surface area contributed by atoms with Crippen LogP contribution >= 0.6 is 0 Å². The average Bonchev–Trinajstić information content (AvgIpc) is 2.14. The first-order valence-electron chi connectivity index (χ1n) is 4.22. The van der Waals surface area contributed by atoms with E-state index in [-0.39, 0.29) is 0 Å². The molecule has 1 heteroatoms. The lowest BCUT2D eigenvalue weighted by Crippen LogP contribution is -2.26. The average molecular weight is 160 g/mol. The summed E-state index contributed by atoms with van der Waals surface area (Å²) >= 11 is 0. The van der Waals surface area contributed by atoms with Crippen LogP contribution in [0.1, 0.15) is 5.56 Å². The molecule has 62 valence electrons. The summed E-state index contributed by atoms with van der Waals surface area (Å²) in [5.74, 6) is 1.49. The molecule has 0 amide bonds. The van der Waals surface area contributed by atoms with Gasteiger partial charge in [0.2, 0.25) is 0 Å². The summed E-state index contributed by atoms with van der Waals surface area (Å²) in [7, 11) is 0. The normalized spacial score (nSPS) is 21.3. The molecule has 0 aromatic heterocycles. The third-order valence-corrected chi connectivity index (χ3v) is 2.25. The monoisotopic (exact) mass is 160 g/mol. The van der Waals surface area contributed by atoms with Gasteiger partial charge in [-0.25, -0.2) is 0 Å². The summed E-state index contributed by atoms with van der Waals surface area (Å²) < 4.78 is 5.12.